The summed E-state index contributed by atoms with van der Waals surface area (Å²) in [5.74, 6) is -0.362. The lowest BCUT2D eigenvalue weighted by molar-refractivity contribution is -0.275. The topological polar surface area (TPSA) is 41.9 Å². The van der Waals surface area contributed by atoms with E-state index in [0.29, 0.717) is 0 Å². The molecular weight excluding hydrogens is 170 g/mol. The first-order valence-corrected chi connectivity index (χ1v) is 4.70. The summed E-state index contributed by atoms with van der Waals surface area (Å²) >= 11 is 0. The highest BCUT2D eigenvalue weighted by Crippen LogP contribution is 2.24. The van der Waals surface area contributed by atoms with Crippen LogP contribution in [0.15, 0.2) is 0 Å². The van der Waals surface area contributed by atoms with Crippen molar-refractivity contribution in [2.45, 2.75) is 18.6 Å². The summed E-state index contributed by atoms with van der Waals surface area (Å²) in [5.41, 5.74) is 0. The van der Waals surface area contributed by atoms with Crippen LogP contribution in [0, 0.1) is 0 Å². The van der Waals surface area contributed by atoms with Gasteiger partial charge in [-0.2, -0.15) is 0 Å². The molecule has 0 atom stereocenters. The van der Waals surface area contributed by atoms with E-state index in [1.54, 1.807) is 14.2 Å². The number of aliphatic hydroxyl groups is 1. The Morgan fingerprint density at radius 1 is 1.23 bits per heavy atom. The Labute approximate surface area is 79.4 Å². The molecular formula is C9H19NO3. The molecule has 0 spiro atoms. The summed E-state index contributed by atoms with van der Waals surface area (Å²) in [6.45, 7) is 2.99. The zero-order valence-electron chi connectivity index (χ0n) is 8.45. The quantitative estimate of drug-likeness (QED) is 0.474. The van der Waals surface area contributed by atoms with Gasteiger partial charge in [0, 0.05) is 20.8 Å². The molecule has 13 heavy (non-hydrogen) atoms. The number of likely N-dealkylation sites (tertiary alicyclic amines) is 1. The van der Waals surface area contributed by atoms with Crippen molar-refractivity contribution >= 4 is 0 Å². The van der Waals surface area contributed by atoms with Crippen LogP contribution in [0.3, 0.4) is 0 Å². The summed E-state index contributed by atoms with van der Waals surface area (Å²) in [6, 6.07) is 0. The summed E-state index contributed by atoms with van der Waals surface area (Å²) in [4.78, 5) is 2.27. The largest absolute Gasteiger partial charge is 0.396 e. The Morgan fingerprint density at radius 3 is 2.31 bits per heavy atom. The van der Waals surface area contributed by atoms with E-state index in [0.717, 1.165) is 32.5 Å². The van der Waals surface area contributed by atoms with Gasteiger partial charge in [0.15, 0.2) is 5.79 Å². The molecule has 4 heteroatoms. The van der Waals surface area contributed by atoms with Crippen molar-refractivity contribution in [3.05, 3.63) is 0 Å². The fraction of sp³-hybridized carbons (Fsp3) is 1.00. The first-order chi connectivity index (χ1) is 6.26. The molecule has 0 aliphatic carbocycles. The number of ether oxygens (including phenoxy) is 2. The smallest absolute Gasteiger partial charge is 0.193 e. The van der Waals surface area contributed by atoms with Crippen molar-refractivity contribution in [3.63, 3.8) is 0 Å². The van der Waals surface area contributed by atoms with Crippen molar-refractivity contribution in [2.24, 2.45) is 0 Å². The predicted octanol–water partition coefficient (Wildman–Crippen LogP) is 0.0636. The minimum atomic E-state index is -0.362. The van der Waals surface area contributed by atoms with Crippen LogP contribution < -0.4 is 0 Å². The van der Waals surface area contributed by atoms with Gasteiger partial charge in [-0.1, -0.05) is 0 Å². The van der Waals surface area contributed by atoms with Gasteiger partial charge in [0.25, 0.3) is 0 Å². The molecule has 78 valence electrons. The zero-order chi connectivity index (χ0) is 9.73. The van der Waals surface area contributed by atoms with E-state index in [1.165, 1.54) is 0 Å². The molecule has 1 aliphatic rings. The van der Waals surface area contributed by atoms with Gasteiger partial charge >= 0.3 is 0 Å². The molecule has 1 rings (SSSR count). The van der Waals surface area contributed by atoms with Crippen LogP contribution in [0.1, 0.15) is 12.8 Å². The lowest BCUT2D eigenvalue weighted by atomic mass is 10.1. The molecule has 0 radical (unpaired) electrons. The Bertz CT molecular complexity index is 140. The maximum absolute atomic E-state index is 8.60. The van der Waals surface area contributed by atoms with Gasteiger partial charge in [0.1, 0.15) is 0 Å². The van der Waals surface area contributed by atoms with E-state index in [4.69, 9.17) is 14.6 Å². The Morgan fingerprint density at radius 2 is 1.85 bits per heavy atom. The highest BCUT2D eigenvalue weighted by atomic mass is 16.7. The second-order valence-corrected chi connectivity index (χ2v) is 3.46. The molecule has 0 unspecified atom stereocenters. The SMILES string of the molecule is COC1(OC)CN(CCCCO)C1. The number of hydrogen-bond donors (Lipinski definition) is 1. The number of aliphatic hydroxyl groups excluding tert-OH is 1. The van der Waals surface area contributed by atoms with Gasteiger partial charge in [-0.05, 0) is 19.4 Å². The van der Waals surface area contributed by atoms with Gasteiger partial charge in [-0.25, -0.2) is 0 Å². The van der Waals surface area contributed by atoms with E-state index in [-0.39, 0.29) is 12.4 Å². The van der Waals surface area contributed by atoms with Crippen LogP contribution in [0.2, 0.25) is 0 Å². The van der Waals surface area contributed by atoms with Crippen LogP contribution in [-0.2, 0) is 9.47 Å². The Hall–Kier alpha value is -0.160. The van der Waals surface area contributed by atoms with Gasteiger partial charge in [-0.3, -0.25) is 4.90 Å². The first kappa shape index (κ1) is 10.9. The van der Waals surface area contributed by atoms with Crippen molar-refractivity contribution in [3.8, 4) is 0 Å². The molecule has 1 heterocycles. The summed E-state index contributed by atoms with van der Waals surface area (Å²) in [7, 11) is 3.35. The summed E-state index contributed by atoms with van der Waals surface area (Å²) in [5, 5.41) is 8.60. The van der Waals surface area contributed by atoms with Gasteiger partial charge in [-0.15, -0.1) is 0 Å². The monoisotopic (exact) mass is 189 g/mol. The molecule has 1 fully saturated rings. The average molecular weight is 189 g/mol. The molecule has 0 saturated carbocycles. The second-order valence-electron chi connectivity index (χ2n) is 3.46. The van der Waals surface area contributed by atoms with Crippen molar-refractivity contribution in [1.29, 1.82) is 0 Å². The highest BCUT2D eigenvalue weighted by molar-refractivity contribution is 4.88. The standard InChI is InChI=1S/C9H19NO3/c1-12-9(13-2)7-10(8-9)5-3-4-6-11/h11H,3-8H2,1-2H3. The number of unbranched alkanes of at least 4 members (excludes halogenated alkanes) is 1. The third-order valence-electron chi connectivity index (χ3n) is 2.56. The number of methoxy groups -OCH3 is 2. The second kappa shape index (κ2) is 4.91. The Balaban J connectivity index is 2.09. The lowest BCUT2D eigenvalue weighted by Gasteiger charge is -2.47. The van der Waals surface area contributed by atoms with Gasteiger partial charge < -0.3 is 14.6 Å². The maximum Gasteiger partial charge on any atom is 0.193 e. The van der Waals surface area contributed by atoms with Crippen LogP contribution in [0.5, 0.6) is 0 Å². The number of nitrogens with zero attached hydrogens (tertiary/aromatic N) is 1. The number of hydrogen-bond acceptors (Lipinski definition) is 4. The van der Waals surface area contributed by atoms with Crippen LogP contribution >= 0.6 is 0 Å². The van der Waals surface area contributed by atoms with Crippen molar-refractivity contribution in [1.82, 2.24) is 4.90 Å². The van der Waals surface area contributed by atoms with Gasteiger partial charge in [0.05, 0.1) is 13.1 Å². The van der Waals surface area contributed by atoms with Crippen molar-refractivity contribution < 1.29 is 14.6 Å². The summed E-state index contributed by atoms with van der Waals surface area (Å²) in [6.07, 6.45) is 1.92. The van der Waals surface area contributed by atoms with Crippen LogP contribution in [-0.4, -0.2) is 56.3 Å². The van der Waals surface area contributed by atoms with Crippen LogP contribution in [0.25, 0.3) is 0 Å². The molecule has 0 bridgehead atoms. The van der Waals surface area contributed by atoms with E-state index >= 15 is 0 Å². The summed E-state index contributed by atoms with van der Waals surface area (Å²) < 4.78 is 10.5. The first-order valence-electron chi connectivity index (χ1n) is 4.70. The predicted molar refractivity (Wildman–Crippen MR) is 49.5 cm³/mol. The molecule has 1 aliphatic heterocycles. The fourth-order valence-corrected chi connectivity index (χ4v) is 1.58. The zero-order valence-corrected chi connectivity index (χ0v) is 8.45. The van der Waals surface area contributed by atoms with E-state index < -0.39 is 0 Å². The maximum atomic E-state index is 8.60. The lowest BCUT2D eigenvalue weighted by Crippen LogP contribution is -2.63. The molecule has 0 amide bonds. The fourth-order valence-electron chi connectivity index (χ4n) is 1.58. The highest BCUT2D eigenvalue weighted by Gasteiger charge is 2.43. The third-order valence-corrected chi connectivity index (χ3v) is 2.56. The van der Waals surface area contributed by atoms with Crippen molar-refractivity contribution in [2.75, 3.05) is 40.5 Å². The normalized spacial score (nSPS) is 21.5. The minimum Gasteiger partial charge on any atom is -0.396 e. The van der Waals surface area contributed by atoms with E-state index in [1.807, 2.05) is 0 Å². The molecule has 0 aromatic heterocycles. The molecule has 1 saturated heterocycles. The molecule has 0 aromatic rings. The minimum absolute atomic E-state index is 0.285. The third kappa shape index (κ3) is 2.64. The van der Waals surface area contributed by atoms with E-state index in [9.17, 15) is 0 Å². The molecule has 0 aromatic carbocycles. The average Bonchev–Trinajstić information content (AvgIpc) is 2.10. The Kier molecular flexibility index (Phi) is 4.12. The molecule has 1 N–H and O–H groups in total. The van der Waals surface area contributed by atoms with E-state index in [2.05, 4.69) is 4.90 Å². The van der Waals surface area contributed by atoms with Crippen LogP contribution in [0.4, 0.5) is 0 Å². The van der Waals surface area contributed by atoms with Gasteiger partial charge in [0.2, 0.25) is 0 Å². The molecule has 4 nitrogen and oxygen atoms in total. The number of rotatable bonds is 6.